The minimum absolute atomic E-state index is 0.0265. The number of benzene rings is 7. The standard InChI is InChI=1S/C42H26N4Se/c1-3-12-27(13-4-1)31-18-11-19-32(24-31)40-44-39(29-15-5-2-6-16-29)45-41(46-40)36-26-37-38(35-21-10-9-20-34(35)36)43-42(47-37)33-23-22-28-14-7-8-17-30(28)25-33/h1-26H. The van der Waals surface area contributed by atoms with Gasteiger partial charge >= 0.3 is 273 Å². The molecular weight excluding hydrogens is 639 g/mol. The molecule has 0 bridgehead atoms. The van der Waals surface area contributed by atoms with E-state index in [1.54, 1.807) is 0 Å². The van der Waals surface area contributed by atoms with Crippen LogP contribution in [0.2, 0.25) is 0 Å². The van der Waals surface area contributed by atoms with Crippen LogP contribution in [0, 0.1) is 0 Å². The molecule has 0 atom stereocenters. The molecule has 0 fully saturated rings. The molecule has 2 aromatic heterocycles. The Balaban J connectivity index is 1.25. The first-order chi connectivity index (χ1) is 23.3. The van der Waals surface area contributed by atoms with E-state index in [1.165, 1.54) is 20.6 Å². The van der Waals surface area contributed by atoms with E-state index in [4.69, 9.17) is 19.9 Å². The molecule has 2 heterocycles. The first kappa shape index (κ1) is 27.6. The van der Waals surface area contributed by atoms with E-state index in [0.29, 0.717) is 17.5 Å². The summed E-state index contributed by atoms with van der Waals surface area (Å²) in [6.07, 6.45) is 0. The zero-order chi connectivity index (χ0) is 31.2. The molecule has 9 aromatic rings. The molecule has 0 N–H and O–H groups in total. The molecular formula is C42H26N4Se. The maximum absolute atomic E-state index is 5.25. The van der Waals surface area contributed by atoms with Crippen LogP contribution in [0.5, 0.6) is 0 Å². The second-order valence-electron chi connectivity index (χ2n) is 11.5. The molecule has 0 saturated carbocycles. The summed E-state index contributed by atoms with van der Waals surface area (Å²) in [5.41, 5.74) is 7.41. The SMILES string of the molecule is c1ccc(-c2cccc(-c3nc(-c4ccccc4)nc(-c4cc5[se]c(-c6ccc7ccccc7c6)nc5c5ccccc45)n3)c2)cc1. The number of aromatic nitrogens is 4. The van der Waals surface area contributed by atoms with Gasteiger partial charge in [0.1, 0.15) is 0 Å². The van der Waals surface area contributed by atoms with Crippen LogP contribution < -0.4 is 0 Å². The second kappa shape index (κ2) is 11.6. The Morgan fingerprint density at radius 2 is 0.979 bits per heavy atom. The van der Waals surface area contributed by atoms with Crippen molar-refractivity contribution >= 4 is 45.8 Å². The number of fused-ring (bicyclic) bond motifs is 4. The average molecular weight is 666 g/mol. The van der Waals surface area contributed by atoms with E-state index >= 15 is 0 Å². The van der Waals surface area contributed by atoms with Gasteiger partial charge in [-0.2, -0.15) is 0 Å². The zero-order valence-electron chi connectivity index (χ0n) is 25.2. The summed E-state index contributed by atoms with van der Waals surface area (Å²) in [7, 11) is 0. The normalized spacial score (nSPS) is 11.4. The van der Waals surface area contributed by atoms with E-state index in [0.717, 1.165) is 48.7 Å². The van der Waals surface area contributed by atoms with Gasteiger partial charge in [-0.1, -0.05) is 6.07 Å². The Morgan fingerprint density at radius 1 is 0.362 bits per heavy atom. The summed E-state index contributed by atoms with van der Waals surface area (Å²) >= 11 is 0.0265. The molecule has 0 unspecified atom stereocenters. The molecule has 0 amide bonds. The Kier molecular flexibility index (Phi) is 6.78. The van der Waals surface area contributed by atoms with Gasteiger partial charge in [-0.05, 0) is 0 Å². The van der Waals surface area contributed by atoms with Gasteiger partial charge < -0.3 is 0 Å². The van der Waals surface area contributed by atoms with Crippen LogP contribution in [-0.2, 0) is 0 Å². The average Bonchev–Trinajstić information content (AvgIpc) is 3.60. The molecule has 0 spiro atoms. The van der Waals surface area contributed by atoms with Crippen molar-refractivity contribution in [1.29, 1.82) is 0 Å². The Hall–Kier alpha value is -5.74. The van der Waals surface area contributed by atoms with Gasteiger partial charge in [-0.15, -0.1) is 0 Å². The van der Waals surface area contributed by atoms with E-state index in [9.17, 15) is 0 Å². The van der Waals surface area contributed by atoms with Crippen LogP contribution in [0.3, 0.4) is 0 Å². The van der Waals surface area contributed by atoms with Crippen molar-refractivity contribution in [2.45, 2.75) is 0 Å². The van der Waals surface area contributed by atoms with Crippen molar-refractivity contribution in [3.8, 4) is 55.4 Å². The predicted octanol–water partition coefficient (Wildman–Crippen LogP) is 10.1. The summed E-state index contributed by atoms with van der Waals surface area (Å²) in [4.78, 5) is 20.6. The van der Waals surface area contributed by atoms with Crippen LogP contribution in [0.1, 0.15) is 0 Å². The van der Waals surface area contributed by atoms with E-state index in [-0.39, 0.29) is 14.5 Å². The Labute approximate surface area is 277 Å². The fourth-order valence-corrected chi connectivity index (χ4v) is 8.34. The molecule has 220 valence electrons. The van der Waals surface area contributed by atoms with Crippen molar-refractivity contribution in [2.75, 3.05) is 0 Å². The first-order valence-corrected chi connectivity index (χ1v) is 17.3. The summed E-state index contributed by atoms with van der Waals surface area (Å²) in [5, 5.41) is 4.67. The maximum atomic E-state index is 5.25. The van der Waals surface area contributed by atoms with Crippen LogP contribution in [-0.4, -0.2) is 34.4 Å². The summed E-state index contributed by atoms with van der Waals surface area (Å²) < 4.78 is 2.38. The van der Waals surface area contributed by atoms with Crippen LogP contribution >= 0.6 is 0 Å². The molecule has 9 rings (SSSR count). The molecule has 0 aliphatic heterocycles. The summed E-state index contributed by atoms with van der Waals surface area (Å²) in [5.74, 6) is 1.96. The third kappa shape index (κ3) is 5.12. The van der Waals surface area contributed by atoms with Gasteiger partial charge in [0.05, 0.1) is 0 Å². The van der Waals surface area contributed by atoms with Crippen molar-refractivity contribution in [3.05, 3.63) is 158 Å². The quantitative estimate of drug-likeness (QED) is 0.172. The third-order valence-electron chi connectivity index (χ3n) is 8.53. The van der Waals surface area contributed by atoms with Crippen LogP contribution in [0.25, 0.3) is 86.7 Å². The molecule has 47 heavy (non-hydrogen) atoms. The Morgan fingerprint density at radius 3 is 1.79 bits per heavy atom. The molecule has 0 aliphatic rings. The fraction of sp³-hybridized carbons (Fsp3) is 0. The topological polar surface area (TPSA) is 51.6 Å². The van der Waals surface area contributed by atoms with Gasteiger partial charge in [0.15, 0.2) is 0 Å². The van der Waals surface area contributed by atoms with E-state index in [1.807, 2.05) is 24.3 Å². The second-order valence-corrected chi connectivity index (χ2v) is 13.7. The van der Waals surface area contributed by atoms with Crippen molar-refractivity contribution in [1.82, 2.24) is 19.9 Å². The molecule has 4 nitrogen and oxygen atoms in total. The van der Waals surface area contributed by atoms with Crippen molar-refractivity contribution in [3.63, 3.8) is 0 Å². The van der Waals surface area contributed by atoms with Gasteiger partial charge in [0.25, 0.3) is 0 Å². The van der Waals surface area contributed by atoms with Gasteiger partial charge in [0.2, 0.25) is 0 Å². The summed E-state index contributed by atoms with van der Waals surface area (Å²) in [6.45, 7) is 0. The number of hydrogen-bond donors (Lipinski definition) is 0. The predicted molar refractivity (Wildman–Crippen MR) is 194 cm³/mol. The number of rotatable bonds is 5. The van der Waals surface area contributed by atoms with Crippen LogP contribution in [0.4, 0.5) is 0 Å². The van der Waals surface area contributed by atoms with Gasteiger partial charge in [0, 0.05) is 0 Å². The van der Waals surface area contributed by atoms with Crippen molar-refractivity contribution in [2.24, 2.45) is 0 Å². The van der Waals surface area contributed by atoms with Crippen molar-refractivity contribution < 1.29 is 0 Å². The molecule has 0 aliphatic carbocycles. The first-order valence-electron chi connectivity index (χ1n) is 15.6. The molecule has 7 aromatic carbocycles. The fourth-order valence-electron chi connectivity index (χ4n) is 6.20. The van der Waals surface area contributed by atoms with Gasteiger partial charge in [-0.3, -0.25) is 0 Å². The van der Waals surface area contributed by atoms with Gasteiger partial charge in [-0.25, -0.2) is 0 Å². The van der Waals surface area contributed by atoms with Crippen LogP contribution in [0.15, 0.2) is 158 Å². The molecule has 0 saturated heterocycles. The monoisotopic (exact) mass is 666 g/mol. The summed E-state index contributed by atoms with van der Waals surface area (Å²) in [6, 6.07) is 54.9. The molecule has 5 heteroatoms. The third-order valence-corrected chi connectivity index (χ3v) is 10.7. The van der Waals surface area contributed by atoms with E-state index < -0.39 is 0 Å². The van der Waals surface area contributed by atoms with E-state index in [2.05, 4.69) is 133 Å². The molecule has 0 radical (unpaired) electrons. The number of hydrogen-bond acceptors (Lipinski definition) is 4. The minimum atomic E-state index is 0.0265. The number of nitrogens with zero attached hydrogens (tertiary/aromatic N) is 4. The zero-order valence-corrected chi connectivity index (χ0v) is 26.9. The Bertz CT molecular complexity index is 2580.